The number of piperazine rings is 1. The van der Waals surface area contributed by atoms with E-state index in [2.05, 4.69) is 33.7 Å². The maximum absolute atomic E-state index is 12.6. The molecule has 8 heteroatoms. The van der Waals surface area contributed by atoms with E-state index in [9.17, 15) is 4.79 Å². The number of anilines is 1. The normalized spacial score (nSPS) is 17.2. The van der Waals surface area contributed by atoms with Crippen molar-refractivity contribution in [3.05, 3.63) is 76.1 Å². The standard InChI is InChI=1S/C22H24ClN5O2/c1-16-14-27(10-9-26(16)2)21-6-5-19(13-25-21)28-8-7-20(11-22(28)29)30-15-18-4-3-17(23)12-24-18/h3-8,11-13,16H,9-10,14-15H2,1-2H3/t16-/m0/s1. The van der Waals surface area contributed by atoms with E-state index in [1.54, 1.807) is 41.4 Å². The molecule has 3 aromatic heterocycles. The Labute approximate surface area is 180 Å². The van der Waals surface area contributed by atoms with Gasteiger partial charge in [-0.1, -0.05) is 11.6 Å². The minimum absolute atomic E-state index is 0.181. The van der Waals surface area contributed by atoms with Crippen molar-refractivity contribution >= 4 is 17.4 Å². The van der Waals surface area contributed by atoms with Crippen LogP contribution in [0.5, 0.6) is 5.75 Å². The van der Waals surface area contributed by atoms with Gasteiger partial charge < -0.3 is 14.5 Å². The number of halogens is 1. The molecule has 7 nitrogen and oxygen atoms in total. The van der Waals surface area contributed by atoms with Crippen LogP contribution in [0.25, 0.3) is 5.69 Å². The lowest BCUT2D eigenvalue weighted by atomic mass is 10.2. The zero-order chi connectivity index (χ0) is 21.1. The molecule has 0 unspecified atom stereocenters. The fourth-order valence-electron chi connectivity index (χ4n) is 3.38. The third-order valence-electron chi connectivity index (χ3n) is 5.36. The summed E-state index contributed by atoms with van der Waals surface area (Å²) in [5.74, 6) is 1.42. The van der Waals surface area contributed by atoms with E-state index in [0.717, 1.165) is 36.8 Å². The monoisotopic (exact) mass is 425 g/mol. The predicted molar refractivity (Wildman–Crippen MR) is 118 cm³/mol. The largest absolute Gasteiger partial charge is 0.487 e. The van der Waals surface area contributed by atoms with E-state index >= 15 is 0 Å². The fraction of sp³-hybridized carbons (Fsp3) is 0.318. The second kappa shape index (κ2) is 8.85. The minimum Gasteiger partial charge on any atom is -0.487 e. The smallest absolute Gasteiger partial charge is 0.258 e. The molecule has 156 valence electrons. The molecule has 0 amide bonds. The molecule has 0 aliphatic carbocycles. The summed E-state index contributed by atoms with van der Waals surface area (Å²) in [6.07, 6.45) is 5.00. The minimum atomic E-state index is -0.181. The van der Waals surface area contributed by atoms with Gasteiger partial charge in [0, 0.05) is 44.1 Å². The van der Waals surface area contributed by atoms with Crippen molar-refractivity contribution < 1.29 is 4.74 Å². The summed E-state index contributed by atoms with van der Waals surface area (Å²) in [6.45, 7) is 5.38. The predicted octanol–water partition coefficient (Wildman–Crippen LogP) is 3.00. The third-order valence-corrected chi connectivity index (χ3v) is 5.58. The maximum Gasteiger partial charge on any atom is 0.258 e. The first-order valence-electron chi connectivity index (χ1n) is 9.87. The average molecular weight is 426 g/mol. The van der Waals surface area contributed by atoms with E-state index in [-0.39, 0.29) is 12.2 Å². The number of pyridine rings is 3. The number of aromatic nitrogens is 3. The lowest BCUT2D eigenvalue weighted by Crippen LogP contribution is -2.50. The van der Waals surface area contributed by atoms with Gasteiger partial charge in [0.05, 0.1) is 22.6 Å². The van der Waals surface area contributed by atoms with Crippen molar-refractivity contribution in [2.75, 3.05) is 31.6 Å². The van der Waals surface area contributed by atoms with Crippen molar-refractivity contribution in [1.82, 2.24) is 19.4 Å². The van der Waals surface area contributed by atoms with Gasteiger partial charge in [-0.15, -0.1) is 0 Å². The van der Waals surface area contributed by atoms with Gasteiger partial charge in [-0.05, 0) is 44.3 Å². The molecule has 1 atom stereocenters. The van der Waals surface area contributed by atoms with E-state index in [0.29, 0.717) is 16.8 Å². The van der Waals surface area contributed by atoms with Crippen LogP contribution in [-0.2, 0) is 6.61 Å². The van der Waals surface area contributed by atoms with E-state index < -0.39 is 0 Å². The summed E-state index contributed by atoms with van der Waals surface area (Å²) in [5.41, 5.74) is 1.28. The molecule has 1 aliphatic rings. The van der Waals surface area contributed by atoms with Crippen LogP contribution in [0.4, 0.5) is 5.82 Å². The first-order chi connectivity index (χ1) is 14.5. The summed E-state index contributed by atoms with van der Waals surface area (Å²) in [6, 6.07) is 11.1. The highest BCUT2D eigenvalue weighted by Gasteiger charge is 2.21. The van der Waals surface area contributed by atoms with Gasteiger partial charge in [0.1, 0.15) is 18.2 Å². The first kappa shape index (κ1) is 20.4. The Kier molecular flexibility index (Phi) is 6.01. The van der Waals surface area contributed by atoms with Gasteiger partial charge in [-0.25, -0.2) is 4.98 Å². The zero-order valence-corrected chi connectivity index (χ0v) is 17.8. The number of rotatable bonds is 5. The summed E-state index contributed by atoms with van der Waals surface area (Å²) >= 11 is 5.83. The molecule has 4 rings (SSSR count). The molecule has 1 aliphatic heterocycles. The lowest BCUT2D eigenvalue weighted by Gasteiger charge is -2.38. The molecule has 0 aromatic carbocycles. The molecule has 1 saturated heterocycles. The maximum atomic E-state index is 12.6. The number of hydrogen-bond donors (Lipinski definition) is 0. The van der Waals surface area contributed by atoms with Crippen LogP contribution in [0.1, 0.15) is 12.6 Å². The molecule has 0 radical (unpaired) electrons. The molecule has 3 aromatic rings. The van der Waals surface area contributed by atoms with E-state index in [1.165, 1.54) is 6.07 Å². The molecule has 0 N–H and O–H groups in total. The lowest BCUT2D eigenvalue weighted by molar-refractivity contribution is 0.233. The Balaban J connectivity index is 1.44. The Morgan fingerprint density at radius 3 is 2.67 bits per heavy atom. The molecule has 0 spiro atoms. The summed E-state index contributed by atoms with van der Waals surface area (Å²) in [5, 5.41) is 0.572. The molecular formula is C22H24ClN5O2. The molecule has 0 saturated carbocycles. The fourth-order valence-corrected chi connectivity index (χ4v) is 3.49. The SMILES string of the molecule is C[C@H]1CN(c2ccc(-n3ccc(OCc4ccc(Cl)cn4)cc3=O)cn2)CCN1C. The van der Waals surface area contributed by atoms with Gasteiger partial charge >= 0.3 is 0 Å². The van der Waals surface area contributed by atoms with E-state index in [4.69, 9.17) is 16.3 Å². The number of hydrogen-bond acceptors (Lipinski definition) is 6. The molecule has 30 heavy (non-hydrogen) atoms. The van der Waals surface area contributed by atoms with Crippen LogP contribution in [0, 0.1) is 0 Å². The number of likely N-dealkylation sites (N-methyl/N-ethyl adjacent to an activating group) is 1. The highest BCUT2D eigenvalue weighted by molar-refractivity contribution is 6.30. The van der Waals surface area contributed by atoms with E-state index in [1.807, 2.05) is 12.1 Å². The molecule has 0 bridgehead atoms. The molecule has 4 heterocycles. The van der Waals surface area contributed by atoms with Crippen molar-refractivity contribution in [2.24, 2.45) is 0 Å². The third kappa shape index (κ3) is 4.63. The zero-order valence-electron chi connectivity index (χ0n) is 17.0. The number of ether oxygens (including phenoxy) is 1. The van der Waals surface area contributed by atoms with Gasteiger partial charge in [0.25, 0.3) is 5.56 Å². The Hall–Kier alpha value is -2.90. The highest BCUT2D eigenvalue weighted by Crippen LogP contribution is 2.18. The first-order valence-corrected chi connectivity index (χ1v) is 10.2. The Morgan fingerprint density at radius 2 is 2.00 bits per heavy atom. The van der Waals surface area contributed by atoms with Gasteiger partial charge in [-0.2, -0.15) is 0 Å². The highest BCUT2D eigenvalue weighted by atomic mass is 35.5. The second-order valence-electron chi connectivity index (χ2n) is 7.48. The van der Waals surface area contributed by atoms with Crippen LogP contribution >= 0.6 is 11.6 Å². The molecule has 1 fully saturated rings. The van der Waals surface area contributed by atoms with Gasteiger partial charge in [0.2, 0.25) is 0 Å². The van der Waals surface area contributed by atoms with Crippen LogP contribution in [0.15, 0.2) is 59.8 Å². The van der Waals surface area contributed by atoms with Crippen molar-refractivity contribution in [2.45, 2.75) is 19.6 Å². The van der Waals surface area contributed by atoms with Gasteiger partial charge in [-0.3, -0.25) is 14.3 Å². The summed E-state index contributed by atoms with van der Waals surface area (Å²) in [4.78, 5) is 26.0. The van der Waals surface area contributed by atoms with Crippen molar-refractivity contribution in [3.8, 4) is 11.4 Å². The number of nitrogens with zero attached hydrogens (tertiary/aromatic N) is 5. The Bertz CT molecular complexity index is 1050. The summed E-state index contributed by atoms with van der Waals surface area (Å²) < 4.78 is 7.23. The molecular weight excluding hydrogens is 402 g/mol. The van der Waals surface area contributed by atoms with Gasteiger partial charge in [0.15, 0.2) is 0 Å². The van der Waals surface area contributed by atoms with Crippen LogP contribution in [-0.4, -0.2) is 52.2 Å². The van der Waals surface area contributed by atoms with Crippen molar-refractivity contribution in [1.29, 1.82) is 0 Å². The van der Waals surface area contributed by atoms with Crippen LogP contribution in [0.3, 0.4) is 0 Å². The van der Waals surface area contributed by atoms with Crippen molar-refractivity contribution in [3.63, 3.8) is 0 Å². The second-order valence-corrected chi connectivity index (χ2v) is 7.91. The van der Waals surface area contributed by atoms with Crippen LogP contribution < -0.4 is 15.2 Å². The topological polar surface area (TPSA) is 63.5 Å². The average Bonchev–Trinajstić information content (AvgIpc) is 2.76. The quantitative estimate of drug-likeness (QED) is 0.626. The summed E-state index contributed by atoms with van der Waals surface area (Å²) in [7, 11) is 2.14. The Morgan fingerprint density at radius 1 is 1.13 bits per heavy atom. The van der Waals surface area contributed by atoms with Crippen LogP contribution in [0.2, 0.25) is 5.02 Å².